The predicted molar refractivity (Wildman–Crippen MR) is 141 cm³/mol. The number of carboxylic acid groups (broad SMARTS) is 1. The number of aromatic nitrogens is 3. The molecule has 7 nitrogen and oxygen atoms in total. The number of methoxy groups -OCH3 is 1. The van der Waals surface area contributed by atoms with E-state index in [2.05, 4.69) is 10.1 Å². The number of pyridine rings is 1. The number of aromatic carboxylic acids is 1. The quantitative estimate of drug-likeness (QED) is 0.195. The number of carbonyl (C=O) groups is 1. The maximum absolute atomic E-state index is 14.9. The lowest BCUT2D eigenvalue weighted by molar-refractivity contribution is -0.143. The van der Waals surface area contributed by atoms with Crippen molar-refractivity contribution < 1.29 is 41.3 Å². The molecule has 0 unspecified atom stereocenters. The fourth-order valence-corrected chi connectivity index (χ4v) is 4.27. The Morgan fingerprint density at radius 2 is 1.62 bits per heavy atom. The molecule has 0 atom stereocenters. The third-order valence-electron chi connectivity index (χ3n) is 6.26. The van der Waals surface area contributed by atoms with Gasteiger partial charge in [-0.2, -0.15) is 18.3 Å². The van der Waals surface area contributed by atoms with Gasteiger partial charge in [-0.1, -0.05) is 42.5 Å². The second-order valence-corrected chi connectivity index (χ2v) is 8.98. The Balaban J connectivity index is 1.45. The Kier molecular flexibility index (Phi) is 7.62. The second kappa shape index (κ2) is 11.3. The standard InChI is InChI=1S/C30H20F5N3O4/c1-41-21-11-9-19(10-12-21)18-7-5-17(6-8-18)16-42-27-22(13-20(31)14-24(27)32)25-3-2-4-26(37-25)38-28(30(33,34)35)23(15-36-38)29(39)40/h2-15H,16H2,1H3,(H,39,40). The molecule has 1 N–H and O–H groups in total. The van der Waals surface area contributed by atoms with Crippen LogP contribution in [0.4, 0.5) is 22.0 Å². The van der Waals surface area contributed by atoms with Gasteiger partial charge in [0.1, 0.15) is 23.7 Å². The molecule has 0 saturated carbocycles. The van der Waals surface area contributed by atoms with Crippen LogP contribution >= 0.6 is 0 Å². The summed E-state index contributed by atoms with van der Waals surface area (Å²) in [6.45, 7) is -0.114. The van der Waals surface area contributed by atoms with E-state index < -0.39 is 40.9 Å². The van der Waals surface area contributed by atoms with Gasteiger partial charge < -0.3 is 14.6 Å². The van der Waals surface area contributed by atoms with Crippen molar-refractivity contribution in [1.29, 1.82) is 0 Å². The smallest absolute Gasteiger partial charge is 0.434 e. The minimum atomic E-state index is -5.08. The highest BCUT2D eigenvalue weighted by atomic mass is 19.4. The zero-order chi connectivity index (χ0) is 30.0. The van der Waals surface area contributed by atoms with Crippen molar-refractivity contribution in [3.05, 3.63) is 114 Å². The molecule has 0 bridgehead atoms. The predicted octanol–water partition coefficient (Wildman–Crippen LogP) is 7.18. The van der Waals surface area contributed by atoms with E-state index in [9.17, 15) is 31.9 Å². The minimum Gasteiger partial charge on any atom is -0.497 e. The number of benzene rings is 3. The molecule has 42 heavy (non-hydrogen) atoms. The zero-order valence-electron chi connectivity index (χ0n) is 21.7. The maximum atomic E-state index is 14.9. The fourth-order valence-electron chi connectivity index (χ4n) is 4.27. The largest absolute Gasteiger partial charge is 0.497 e. The average Bonchev–Trinajstić information content (AvgIpc) is 3.44. The third-order valence-corrected chi connectivity index (χ3v) is 6.26. The van der Waals surface area contributed by atoms with Gasteiger partial charge in [-0.15, -0.1) is 0 Å². The highest BCUT2D eigenvalue weighted by molar-refractivity contribution is 5.89. The SMILES string of the molecule is COc1ccc(-c2ccc(COc3c(F)cc(F)cc3-c3cccc(-n4ncc(C(=O)O)c4C(F)(F)F)n3)cc2)cc1. The van der Waals surface area contributed by atoms with Crippen LogP contribution < -0.4 is 9.47 Å². The summed E-state index contributed by atoms with van der Waals surface area (Å²) in [4.78, 5) is 15.4. The molecular weight excluding hydrogens is 561 g/mol. The molecule has 0 aliphatic rings. The molecule has 214 valence electrons. The Bertz CT molecular complexity index is 1750. The second-order valence-electron chi connectivity index (χ2n) is 8.98. The lowest BCUT2D eigenvalue weighted by Crippen LogP contribution is -2.18. The average molecular weight is 581 g/mol. The van der Waals surface area contributed by atoms with Crippen LogP contribution in [0.2, 0.25) is 0 Å². The Morgan fingerprint density at radius 3 is 2.24 bits per heavy atom. The number of carboxylic acids is 1. The van der Waals surface area contributed by atoms with Crippen molar-refractivity contribution in [2.24, 2.45) is 0 Å². The summed E-state index contributed by atoms with van der Waals surface area (Å²) in [6, 6.07) is 20.0. The molecule has 5 rings (SSSR count). The molecule has 0 radical (unpaired) electrons. The Morgan fingerprint density at radius 1 is 0.952 bits per heavy atom. The van der Waals surface area contributed by atoms with Crippen molar-refractivity contribution in [2.45, 2.75) is 12.8 Å². The molecule has 0 aliphatic heterocycles. The van der Waals surface area contributed by atoms with Crippen molar-refractivity contribution in [1.82, 2.24) is 14.8 Å². The van der Waals surface area contributed by atoms with Crippen LogP contribution in [-0.2, 0) is 12.8 Å². The number of ether oxygens (including phenoxy) is 2. The van der Waals surface area contributed by atoms with Crippen LogP contribution in [-0.4, -0.2) is 33.0 Å². The Labute approximate surface area is 235 Å². The van der Waals surface area contributed by atoms with Gasteiger partial charge in [-0.05, 0) is 47.0 Å². The molecular formula is C30H20F5N3O4. The van der Waals surface area contributed by atoms with Gasteiger partial charge in [0, 0.05) is 11.6 Å². The number of hydrogen-bond acceptors (Lipinski definition) is 5. The van der Waals surface area contributed by atoms with E-state index >= 15 is 0 Å². The van der Waals surface area contributed by atoms with Crippen molar-refractivity contribution in [3.63, 3.8) is 0 Å². The summed E-state index contributed by atoms with van der Waals surface area (Å²) < 4.78 is 81.6. The topological polar surface area (TPSA) is 86.5 Å². The van der Waals surface area contributed by atoms with Gasteiger partial charge >= 0.3 is 12.1 Å². The molecule has 3 aromatic carbocycles. The van der Waals surface area contributed by atoms with Crippen molar-refractivity contribution in [2.75, 3.05) is 7.11 Å². The van der Waals surface area contributed by atoms with Crippen LogP contribution in [0.25, 0.3) is 28.2 Å². The van der Waals surface area contributed by atoms with Gasteiger partial charge in [0.2, 0.25) is 0 Å². The number of halogens is 5. The number of alkyl halides is 3. The summed E-state index contributed by atoms with van der Waals surface area (Å²) >= 11 is 0. The molecule has 12 heteroatoms. The summed E-state index contributed by atoms with van der Waals surface area (Å²) in [6.07, 6.45) is -4.53. The summed E-state index contributed by atoms with van der Waals surface area (Å²) in [5.74, 6) is -3.91. The molecule has 0 fully saturated rings. The monoisotopic (exact) mass is 581 g/mol. The highest BCUT2D eigenvalue weighted by Gasteiger charge is 2.41. The molecule has 0 saturated heterocycles. The van der Waals surface area contributed by atoms with Crippen LogP contribution in [0.15, 0.2) is 85.1 Å². The van der Waals surface area contributed by atoms with Crippen LogP contribution in [0.5, 0.6) is 11.5 Å². The molecule has 2 heterocycles. The van der Waals surface area contributed by atoms with Crippen LogP contribution in [0.3, 0.4) is 0 Å². The van der Waals surface area contributed by atoms with E-state index in [-0.39, 0.29) is 23.6 Å². The molecule has 5 aromatic rings. The van der Waals surface area contributed by atoms with Gasteiger partial charge in [0.15, 0.2) is 23.1 Å². The lowest BCUT2D eigenvalue weighted by Gasteiger charge is -2.15. The molecule has 2 aromatic heterocycles. The van der Waals surface area contributed by atoms with E-state index in [0.29, 0.717) is 22.5 Å². The van der Waals surface area contributed by atoms with Gasteiger partial charge in [0.05, 0.1) is 19.0 Å². The molecule has 0 amide bonds. The van der Waals surface area contributed by atoms with Crippen LogP contribution in [0, 0.1) is 11.6 Å². The van der Waals surface area contributed by atoms with E-state index in [4.69, 9.17) is 9.47 Å². The van der Waals surface area contributed by atoms with Crippen molar-refractivity contribution >= 4 is 5.97 Å². The first kappa shape index (κ1) is 28.3. The first-order valence-corrected chi connectivity index (χ1v) is 12.3. The third kappa shape index (κ3) is 5.78. The fraction of sp³-hybridized carbons (Fsp3) is 0.100. The normalized spacial score (nSPS) is 11.4. The van der Waals surface area contributed by atoms with E-state index in [0.717, 1.165) is 29.0 Å². The minimum absolute atomic E-state index is 0.114. The van der Waals surface area contributed by atoms with E-state index in [1.807, 2.05) is 36.4 Å². The van der Waals surface area contributed by atoms with E-state index in [1.54, 1.807) is 19.2 Å². The first-order chi connectivity index (χ1) is 20.0. The zero-order valence-corrected chi connectivity index (χ0v) is 21.7. The maximum Gasteiger partial charge on any atom is 0.434 e. The van der Waals surface area contributed by atoms with Crippen LogP contribution in [0.1, 0.15) is 21.6 Å². The summed E-state index contributed by atoms with van der Waals surface area (Å²) in [5, 5.41) is 12.7. The number of hydrogen-bond donors (Lipinski definition) is 1. The van der Waals surface area contributed by atoms with Crippen molar-refractivity contribution in [3.8, 4) is 39.7 Å². The first-order valence-electron chi connectivity index (χ1n) is 12.3. The number of rotatable bonds is 8. The van der Waals surface area contributed by atoms with Gasteiger partial charge in [-0.25, -0.2) is 23.2 Å². The van der Waals surface area contributed by atoms with Gasteiger partial charge in [-0.3, -0.25) is 0 Å². The molecule has 0 aliphatic carbocycles. The lowest BCUT2D eigenvalue weighted by atomic mass is 10.0. The number of nitrogens with zero attached hydrogens (tertiary/aromatic N) is 3. The molecule has 0 spiro atoms. The highest BCUT2D eigenvalue weighted by Crippen LogP contribution is 2.36. The van der Waals surface area contributed by atoms with Gasteiger partial charge in [0.25, 0.3) is 0 Å². The summed E-state index contributed by atoms with van der Waals surface area (Å²) in [5.41, 5.74) is -0.398. The van der Waals surface area contributed by atoms with E-state index in [1.165, 1.54) is 12.1 Å². The Hall–Kier alpha value is -5.26. The summed E-state index contributed by atoms with van der Waals surface area (Å²) in [7, 11) is 1.58.